The maximum atomic E-state index is 13.5. The molecule has 1 amide bonds. The third-order valence-electron chi connectivity index (χ3n) is 6.93. The third-order valence-corrected chi connectivity index (χ3v) is 7.40. The Kier molecular flexibility index (Phi) is 13.4. The van der Waals surface area contributed by atoms with E-state index in [0.29, 0.717) is 42.0 Å². The first-order valence-corrected chi connectivity index (χ1v) is 14.7. The van der Waals surface area contributed by atoms with Crippen LogP contribution in [0.4, 0.5) is 5.69 Å². The summed E-state index contributed by atoms with van der Waals surface area (Å²) in [4.78, 5) is 38.6. The minimum Gasteiger partial charge on any atom is -0.497 e. The zero-order chi connectivity index (χ0) is 29.5. The number of para-hydroxylation sites is 1. The number of nitrogens with one attached hydrogen (secondary N) is 2. The first-order valence-electron chi connectivity index (χ1n) is 14.3. The summed E-state index contributed by atoms with van der Waals surface area (Å²) in [5.41, 5.74) is 1.75. The van der Waals surface area contributed by atoms with Crippen LogP contribution in [-0.2, 0) is 14.3 Å². The highest BCUT2D eigenvalue weighted by atomic mass is 35.5. The molecule has 2 N–H and O–H groups in total. The number of rotatable bonds is 18. The molecule has 0 aliphatic carbocycles. The van der Waals surface area contributed by atoms with Crippen molar-refractivity contribution in [3.05, 3.63) is 78.1 Å². The molecule has 41 heavy (non-hydrogen) atoms. The van der Waals surface area contributed by atoms with E-state index < -0.39 is 29.3 Å². The first kappa shape index (κ1) is 31.9. The van der Waals surface area contributed by atoms with Crippen molar-refractivity contribution in [3.8, 4) is 5.75 Å². The fourth-order valence-corrected chi connectivity index (χ4v) is 5.09. The number of hydrogen-bond donors (Lipinski definition) is 2. The summed E-state index contributed by atoms with van der Waals surface area (Å²) in [5.74, 6) is -1.15. The number of Topliss-reactive ketones (excluding diaryl/α,β-unsaturated/α-hetero) is 1. The number of alkyl halides is 1. The number of anilines is 1. The van der Waals surface area contributed by atoms with Crippen molar-refractivity contribution in [2.75, 3.05) is 12.4 Å². The molecule has 9 heteroatoms. The molecular weight excluding hydrogens is 542 g/mol. The summed E-state index contributed by atoms with van der Waals surface area (Å²) >= 11 is 6.90. The molecule has 1 aromatic heterocycles. The second-order valence-corrected chi connectivity index (χ2v) is 10.6. The van der Waals surface area contributed by atoms with Crippen LogP contribution in [0.2, 0.25) is 0 Å². The molecule has 0 aliphatic heterocycles. The van der Waals surface area contributed by atoms with Gasteiger partial charge >= 0.3 is 5.97 Å². The van der Waals surface area contributed by atoms with Crippen molar-refractivity contribution in [3.63, 3.8) is 0 Å². The highest BCUT2D eigenvalue weighted by Gasteiger charge is 2.31. The largest absolute Gasteiger partial charge is 0.497 e. The number of amides is 1. The fourth-order valence-electron chi connectivity index (χ4n) is 4.71. The highest BCUT2D eigenvalue weighted by molar-refractivity contribution is 6.23. The van der Waals surface area contributed by atoms with Gasteiger partial charge in [-0.15, -0.1) is 11.6 Å². The SMILES string of the molecule is CCCCCCCC(CCC(Cl)C(C(=O)c1ccc(OC)cc1)c1ccn[nH]1)OC(=O)CC(=O)Nc1ccccc1. The lowest BCUT2D eigenvalue weighted by Gasteiger charge is -2.23. The van der Waals surface area contributed by atoms with Gasteiger partial charge in [0, 0.05) is 28.5 Å². The first-order chi connectivity index (χ1) is 19.9. The molecule has 0 radical (unpaired) electrons. The smallest absolute Gasteiger partial charge is 0.315 e. The Morgan fingerprint density at radius 1 is 0.927 bits per heavy atom. The number of benzene rings is 2. The number of esters is 1. The molecule has 0 aliphatic rings. The van der Waals surface area contributed by atoms with E-state index in [2.05, 4.69) is 22.4 Å². The topological polar surface area (TPSA) is 110 Å². The van der Waals surface area contributed by atoms with Gasteiger partial charge in [-0.05, 0) is 68.1 Å². The molecular formula is C32H40ClN3O5. The molecule has 3 atom stereocenters. The van der Waals surface area contributed by atoms with E-state index in [1.165, 1.54) is 0 Å². The molecule has 0 fully saturated rings. The van der Waals surface area contributed by atoms with Crippen LogP contribution in [0.15, 0.2) is 66.9 Å². The van der Waals surface area contributed by atoms with Crippen molar-refractivity contribution in [2.24, 2.45) is 0 Å². The molecule has 0 spiro atoms. The number of aromatic nitrogens is 2. The van der Waals surface area contributed by atoms with Gasteiger partial charge in [0.25, 0.3) is 0 Å². The highest BCUT2D eigenvalue weighted by Crippen LogP contribution is 2.31. The van der Waals surface area contributed by atoms with Gasteiger partial charge in [-0.2, -0.15) is 5.10 Å². The van der Waals surface area contributed by atoms with Gasteiger partial charge in [0.05, 0.1) is 13.0 Å². The van der Waals surface area contributed by atoms with E-state index in [1.807, 2.05) is 6.07 Å². The van der Waals surface area contributed by atoms with Gasteiger partial charge in [-0.25, -0.2) is 0 Å². The number of H-pyrrole nitrogens is 1. The van der Waals surface area contributed by atoms with Crippen molar-refractivity contribution in [2.45, 2.75) is 82.1 Å². The van der Waals surface area contributed by atoms with Crippen LogP contribution in [0, 0.1) is 0 Å². The number of aromatic amines is 1. The summed E-state index contributed by atoms with van der Waals surface area (Å²) in [6.45, 7) is 2.16. The number of hydrogen-bond acceptors (Lipinski definition) is 6. The van der Waals surface area contributed by atoms with E-state index >= 15 is 0 Å². The number of carbonyl (C=O) groups excluding carboxylic acids is 3. The molecule has 0 saturated heterocycles. The van der Waals surface area contributed by atoms with E-state index in [9.17, 15) is 14.4 Å². The summed E-state index contributed by atoms with van der Waals surface area (Å²) in [6, 6.07) is 17.6. The third kappa shape index (κ3) is 10.7. The monoisotopic (exact) mass is 581 g/mol. The number of ketones is 1. The minimum absolute atomic E-state index is 0.136. The predicted octanol–water partition coefficient (Wildman–Crippen LogP) is 7.07. The molecule has 3 rings (SSSR count). The van der Waals surface area contributed by atoms with Gasteiger partial charge in [0.15, 0.2) is 5.78 Å². The number of halogens is 1. The normalized spacial score (nSPS) is 13.1. The van der Waals surface area contributed by atoms with Crippen LogP contribution < -0.4 is 10.1 Å². The zero-order valence-corrected chi connectivity index (χ0v) is 24.6. The number of nitrogens with zero attached hydrogens (tertiary/aromatic N) is 1. The maximum absolute atomic E-state index is 13.5. The predicted molar refractivity (Wildman–Crippen MR) is 160 cm³/mol. The second kappa shape index (κ2) is 17.2. The van der Waals surface area contributed by atoms with Crippen molar-refractivity contribution < 1.29 is 23.9 Å². The summed E-state index contributed by atoms with van der Waals surface area (Å²) in [6.07, 6.45) is 7.72. The lowest BCUT2D eigenvalue weighted by atomic mass is 9.88. The Morgan fingerprint density at radius 2 is 1.66 bits per heavy atom. The van der Waals surface area contributed by atoms with Crippen LogP contribution in [0.3, 0.4) is 0 Å². The van der Waals surface area contributed by atoms with Crippen molar-refractivity contribution in [1.29, 1.82) is 0 Å². The summed E-state index contributed by atoms with van der Waals surface area (Å²) in [7, 11) is 1.57. The van der Waals surface area contributed by atoms with E-state index in [-0.39, 0.29) is 12.2 Å². The quantitative estimate of drug-likeness (QED) is 0.0546. The Bertz CT molecular complexity index is 1200. The molecule has 3 aromatic rings. The zero-order valence-electron chi connectivity index (χ0n) is 23.8. The van der Waals surface area contributed by atoms with Crippen molar-refractivity contribution >= 4 is 34.9 Å². The average molecular weight is 582 g/mol. The number of carbonyl (C=O) groups is 3. The molecule has 8 nitrogen and oxygen atoms in total. The molecule has 1 heterocycles. The van der Waals surface area contributed by atoms with E-state index in [0.717, 1.165) is 32.1 Å². The molecule has 0 saturated carbocycles. The summed E-state index contributed by atoms with van der Waals surface area (Å²) in [5, 5.41) is 9.06. The van der Waals surface area contributed by atoms with Crippen LogP contribution in [0.1, 0.15) is 86.7 Å². The average Bonchev–Trinajstić information content (AvgIpc) is 3.50. The van der Waals surface area contributed by atoms with Crippen molar-refractivity contribution in [1.82, 2.24) is 10.2 Å². The van der Waals surface area contributed by atoms with E-state index in [4.69, 9.17) is 21.1 Å². The van der Waals surface area contributed by atoms with E-state index in [1.54, 1.807) is 67.9 Å². The lowest BCUT2D eigenvalue weighted by Crippen LogP contribution is -2.27. The van der Waals surface area contributed by atoms with Crippen LogP contribution in [0.5, 0.6) is 5.75 Å². The number of unbranched alkanes of at least 4 members (excludes halogenated alkanes) is 4. The molecule has 0 bridgehead atoms. The van der Waals surface area contributed by atoms with Gasteiger partial charge in [-0.3, -0.25) is 19.5 Å². The number of methoxy groups -OCH3 is 1. The Labute approximate surface area is 247 Å². The fraction of sp³-hybridized carbons (Fsp3) is 0.438. The Hall–Kier alpha value is -3.65. The van der Waals surface area contributed by atoms with Crippen LogP contribution in [-0.4, -0.2) is 46.4 Å². The van der Waals surface area contributed by atoms with Crippen LogP contribution >= 0.6 is 11.6 Å². The second-order valence-electron chi connectivity index (χ2n) is 10.1. The minimum atomic E-state index is -0.662. The summed E-state index contributed by atoms with van der Waals surface area (Å²) < 4.78 is 11.0. The Balaban J connectivity index is 1.64. The number of ether oxygens (including phenoxy) is 2. The van der Waals surface area contributed by atoms with Gasteiger partial charge in [0.1, 0.15) is 18.3 Å². The standard InChI is InChI=1S/C32H40ClN3O5/c1-3-4-5-6-10-13-26(41-30(38)22-29(37)35-24-11-8-7-9-12-24)18-19-27(33)31(28-20-21-34-36-28)32(39)23-14-16-25(40-2)17-15-23/h7-9,11-12,14-17,20-21,26-27,31H,3-6,10,13,18-19,22H2,1-2H3,(H,34,36)(H,35,37). The maximum Gasteiger partial charge on any atom is 0.315 e. The Morgan fingerprint density at radius 3 is 2.32 bits per heavy atom. The lowest BCUT2D eigenvalue weighted by molar-refractivity contribution is -0.151. The van der Waals surface area contributed by atoms with Crippen LogP contribution in [0.25, 0.3) is 0 Å². The molecule has 220 valence electrons. The molecule has 3 unspecified atom stereocenters. The van der Waals surface area contributed by atoms with Gasteiger partial charge in [0.2, 0.25) is 5.91 Å². The van der Waals surface area contributed by atoms with Gasteiger partial charge < -0.3 is 14.8 Å². The van der Waals surface area contributed by atoms with Gasteiger partial charge in [-0.1, -0.05) is 50.8 Å². The molecule has 2 aromatic carbocycles.